The molecule has 21 heavy (non-hydrogen) atoms. The number of nitrogens with one attached hydrogen (secondary N) is 1. The van der Waals surface area contributed by atoms with Gasteiger partial charge in [-0.05, 0) is 38.6 Å². The third kappa shape index (κ3) is 3.16. The summed E-state index contributed by atoms with van der Waals surface area (Å²) in [5.41, 5.74) is 2.76. The molecule has 4 nitrogen and oxygen atoms in total. The van der Waals surface area contributed by atoms with Gasteiger partial charge in [-0.1, -0.05) is 32.6 Å². The van der Waals surface area contributed by atoms with Crippen LogP contribution in [0.5, 0.6) is 0 Å². The summed E-state index contributed by atoms with van der Waals surface area (Å²) in [7, 11) is 0. The van der Waals surface area contributed by atoms with Crippen molar-refractivity contribution in [1.82, 2.24) is 15.1 Å². The van der Waals surface area contributed by atoms with Gasteiger partial charge in [-0.25, -0.2) is 0 Å². The summed E-state index contributed by atoms with van der Waals surface area (Å²) < 4.78 is 2.18. The zero-order chi connectivity index (χ0) is 14.7. The molecule has 2 aliphatic rings. The molecule has 0 aliphatic heterocycles. The van der Waals surface area contributed by atoms with E-state index in [-0.39, 0.29) is 12.1 Å². The minimum atomic E-state index is -0.225. The van der Waals surface area contributed by atoms with E-state index in [1.807, 2.05) is 0 Å². The van der Waals surface area contributed by atoms with E-state index in [1.54, 1.807) is 0 Å². The average molecular weight is 291 g/mol. The van der Waals surface area contributed by atoms with E-state index in [9.17, 15) is 5.11 Å². The molecule has 1 saturated carbocycles. The first-order valence-electron chi connectivity index (χ1n) is 8.79. The molecular weight excluding hydrogens is 262 g/mol. The number of aliphatic hydroxyl groups is 1. The molecule has 0 amide bonds. The minimum absolute atomic E-state index is 0.191. The summed E-state index contributed by atoms with van der Waals surface area (Å²) in [4.78, 5) is 0. The van der Waals surface area contributed by atoms with Crippen LogP contribution in [0.3, 0.4) is 0 Å². The van der Waals surface area contributed by atoms with E-state index < -0.39 is 0 Å². The maximum Gasteiger partial charge on any atom is 0.0781 e. The van der Waals surface area contributed by atoms with Gasteiger partial charge < -0.3 is 10.4 Å². The summed E-state index contributed by atoms with van der Waals surface area (Å²) in [6.07, 6.45) is 12.3. The molecular formula is C17H29N3O. The highest BCUT2D eigenvalue weighted by Crippen LogP contribution is 2.34. The second kappa shape index (κ2) is 6.93. The zero-order valence-electron chi connectivity index (χ0n) is 13.2. The molecule has 4 heteroatoms. The Balaban J connectivity index is 1.89. The van der Waals surface area contributed by atoms with Crippen LogP contribution in [-0.4, -0.2) is 27.5 Å². The average Bonchev–Trinajstić information content (AvgIpc) is 2.64. The van der Waals surface area contributed by atoms with Gasteiger partial charge in [0.2, 0.25) is 0 Å². The van der Waals surface area contributed by atoms with Crippen LogP contribution in [-0.2, 0) is 6.42 Å². The zero-order valence-corrected chi connectivity index (χ0v) is 13.2. The first-order valence-corrected chi connectivity index (χ1v) is 8.79. The Bertz CT molecular complexity index is 457. The Morgan fingerprint density at radius 1 is 1.19 bits per heavy atom. The first-order chi connectivity index (χ1) is 10.3. The number of aromatic nitrogens is 2. The molecule has 0 aromatic carbocycles. The normalized spacial score (nSPS) is 30.5. The minimum Gasteiger partial charge on any atom is -0.391 e. The maximum absolute atomic E-state index is 10.5. The Labute approximate surface area is 127 Å². The topological polar surface area (TPSA) is 50.1 Å². The number of hydrogen-bond donors (Lipinski definition) is 2. The Hall–Kier alpha value is -0.870. The summed E-state index contributed by atoms with van der Waals surface area (Å²) >= 11 is 0. The van der Waals surface area contributed by atoms with E-state index in [1.165, 1.54) is 43.4 Å². The molecule has 0 spiro atoms. The van der Waals surface area contributed by atoms with Crippen molar-refractivity contribution in [2.45, 2.75) is 82.9 Å². The van der Waals surface area contributed by atoms with Gasteiger partial charge in [-0.15, -0.1) is 0 Å². The first kappa shape index (κ1) is 15.0. The number of aliphatic hydroxyl groups excluding tert-OH is 1. The van der Waals surface area contributed by atoms with E-state index >= 15 is 0 Å². The number of fused-ring (bicyclic) bond motifs is 1. The molecule has 1 aromatic rings. The van der Waals surface area contributed by atoms with Gasteiger partial charge >= 0.3 is 0 Å². The highest BCUT2D eigenvalue weighted by molar-refractivity contribution is 5.24. The molecule has 1 fully saturated rings. The summed E-state index contributed by atoms with van der Waals surface area (Å²) in [6.45, 7) is 3.17. The summed E-state index contributed by atoms with van der Waals surface area (Å²) in [6, 6.07) is 0.640. The van der Waals surface area contributed by atoms with Crippen molar-refractivity contribution in [3.63, 3.8) is 0 Å². The highest BCUT2D eigenvalue weighted by atomic mass is 16.3. The second-order valence-electron chi connectivity index (χ2n) is 6.62. The van der Waals surface area contributed by atoms with Crippen LogP contribution in [0.2, 0.25) is 0 Å². The molecule has 3 unspecified atom stereocenters. The van der Waals surface area contributed by atoms with Gasteiger partial charge in [-0.2, -0.15) is 5.10 Å². The molecule has 3 atom stereocenters. The van der Waals surface area contributed by atoms with Crippen LogP contribution in [0.25, 0.3) is 0 Å². The van der Waals surface area contributed by atoms with Crippen molar-refractivity contribution in [3.8, 4) is 0 Å². The molecule has 1 aromatic heterocycles. The second-order valence-corrected chi connectivity index (χ2v) is 6.62. The van der Waals surface area contributed by atoms with Crippen molar-refractivity contribution in [1.29, 1.82) is 0 Å². The number of rotatable bonds is 3. The van der Waals surface area contributed by atoms with Gasteiger partial charge in [0.1, 0.15) is 0 Å². The van der Waals surface area contributed by atoms with Crippen LogP contribution >= 0.6 is 0 Å². The molecule has 1 heterocycles. The van der Waals surface area contributed by atoms with Crippen molar-refractivity contribution in [3.05, 3.63) is 17.5 Å². The molecule has 0 saturated heterocycles. The molecule has 3 rings (SSSR count). The predicted molar refractivity (Wildman–Crippen MR) is 84.3 cm³/mol. The van der Waals surface area contributed by atoms with Crippen LogP contribution < -0.4 is 5.32 Å². The van der Waals surface area contributed by atoms with Gasteiger partial charge in [0.25, 0.3) is 0 Å². The van der Waals surface area contributed by atoms with Crippen molar-refractivity contribution in [2.24, 2.45) is 0 Å². The van der Waals surface area contributed by atoms with Crippen LogP contribution in [0.1, 0.15) is 81.6 Å². The monoisotopic (exact) mass is 291 g/mol. The van der Waals surface area contributed by atoms with Gasteiger partial charge in [0, 0.05) is 17.3 Å². The predicted octanol–water partition coefficient (Wildman–Crippen LogP) is 3.13. The fraction of sp³-hybridized carbons (Fsp3) is 0.824. The number of hydrogen-bond acceptors (Lipinski definition) is 3. The van der Waals surface area contributed by atoms with Crippen molar-refractivity contribution < 1.29 is 5.11 Å². The van der Waals surface area contributed by atoms with Gasteiger partial charge in [0.05, 0.1) is 18.3 Å². The lowest BCUT2D eigenvalue weighted by Gasteiger charge is -2.24. The van der Waals surface area contributed by atoms with Crippen molar-refractivity contribution >= 4 is 0 Å². The summed E-state index contributed by atoms with van der Waals surface area (Å²) in [5.74, 6) is 0. The Kier molecular flexibility index (Phi) is 4.96. The van der Waals surface area contributed by atoms with Crippen molar-refractivity contribution in [2.75, 3.05) is 6.54 Å². The Morgan fingerprint density at radius 2 is 2.00 bits per heavy atom. The largest absolute Gasteiger partial charge is 0.391 e. The molecule has 0 bridgehead atoms. The van der Waals surface area contributed by atoms with Crippen LogP contribution in [0.15, 0.2) is 6.20 Å². The fourth-order valence-electron chi connectivity index (χ4n) is 4.05. The number of nitrogens with zero attached hydrogens (tertiary/aromatic N) is 2. The molecule has 0 radical (unpaired) electrons. The lowest BCUT2D eigenvalue weighted by Crippen LogP contribution is -2.26. The smallest absolute Gasteiger partial charge is 0.0781 e. The summed E-state index contributed by atoms with van der Waals surface area (Å²) in [5, 5.41) is 18.8. The molecule has 2 N–H and O–H groups in total. The van der Waals surface area contributed by atoms with E-state index in [0.717, 1.165) is 32.2 Å². The molecule has 2 aliphatic carbocycles. The molecule has 118 valence electrons. The SMILES string of the molecule is CCNC1CCCCc2c1cnn2C1CCCCCC1O. The third-order valence-electron chi connectivity index (χ3n) is 5.17. The van der Waals surface area contributed by atoms with Gasteiger partial charge in [0.15, 0.2) is 0 Å². The lowest BCUT2D eigenvalue weighted by atomic mass is 10.0. The van der Waals surface area contributed by atoms with Crippen LogP contribution in [0, 0.1) is 0 Å². The van der Waals surface area contributed by atoms with Gasteiger partial charge in [-0.3, -0.25) is 4.68 Å². The fourth-order valence-corrected chi connectivity index (χ4v) is 4.05. The standard InChI is InChI=1S/C17H29N3O/c1-2-18-14-8-6-7-9-15-13(14)12-19-20(15)16-10-4-3-5-11-17(16)21/h12,14,16-18,21H,2-11H2,1H3. The third-order valence-corrected chi connectivity index (χ3v) is 5.17. The highest BCUT2D eigenvalue weighted by Gasteiger charge is 2.29. The van der Waals surface area contributed by atoms with E-state index in [2.05, 4.69) is 23.1 Å². The van der Waals surface area contributed by atoms with Crippen LogP contribution in [0.4, 0.5) is 0 Å². The lowest BCUT2D eigenvalue weighted by molar-refractivity contribution is 0.0974. The van der Waals surface area contributed by atoms with E-state index in [4.69, 9.17) is 5.10 Å². The van der Waals surface area contributed by atoms with E-state index in [0.29, 0.717) is 6.04 Å². The maximum atomic E-state index is 10.5. The Morgan fingerprint density at radius 3 is 2.86 bits per heavy atom. The quantitative estimate of drug-likeness (QED) is 0.664.